The van der Waals surface area contributed by atoms with Crippen LogP contribution in [0.15, 0.2) is 24.3 Å². The molecule has 0 bridgehead atoms. The lowest BCUT2D eigenvalue weighted by atomic mass is 9.86. The maximum atomic E-state index is 12.8. The van der Waals surface area contributed by atoms with E-state index in [-0.39, 0.29) is 29.2 Å². The van der Waals surface area contributed by atoms with Crippen LogP contribution in [0.3, 0.4) is 0 Å². The van der Waals surface area contributed by atoms with E-state index < -0.39 is 6.04 Å². The van der Waals surface area contributed by atoms with Crippen molar-refractivity contribution in [3.05, 3.63) is 35.4 Å². The van der Waals surface area contributed by atoms with Gasteiger partial charge >= 0.3 is 0 Å². The SMILES string of the molecule is CC(NC(=O)c1ccc(C(C)(C)C)cc1)C(=O)N1CCN(C(C)C(=O)NC2CC2)CC1. The van der Waals surface area contributed by atoms with Crippen LogP contribution in [0.5, 0.6) is 0 Å². The summed E-state index contributed by atoms with van der Waals surface area (Å²) in [5.74, 6) is -0.264. The summed E-state index contributed by atoms with van der Waals surface area (Å²) >= 11 is 0. The second-order valence-electron chi connectivity index (χ2n) is 9.84. The second-order valence-corrected chi connectivity index (χ2v) is 9.84. The van der Waals surface area contributed by atoms with E-state index in [2.05, 4.69) is 36.3 Å². The fraction of sp³-hybridized carbons (Fsp3) is 0.625. The van der Waals surface area contributed by atoms with E-state index in [9.17, 15) is 14.4 Å². The molecule has 1 heterocycles. The van der Waals surface area contributed by atoms with Gasteiger partial charge in [-0.25, -0.2) is 0 Å². The van der Waals surface area contributed by atoms with Crippen molar-refractivity contribution in [3.8, 4) is 0 Å². The summed E-state index contributed by atoms with van der Waals surface area (Å²) in [6.45, 7) is 12.4. The Labute approximate surface area is 185 Å². The van der Waals surface area contributed by atoms with Gasteiger partial charge in [-0.05, 0) is 49.8 Å². The van der Waals surface area contributed by atoms with Crippen molar-refractivity contribution in [3.63, 3.8) is 0 Å². The van der Waals surface area contributed by atoms with Gasteiger partial charge in [0.15, 0.2) is 0 Å². The molecule has 0 spiro atoms. The van der Waals surface area contributed by atoms with Crippen LogP contribution in [0.4, 0.5) is 0 Å². The molecule has 2 atom stereocenters. The Hall–Kier alpha value is -2.41. The van der Waals surface area contributed by atoms with Crippen LogP contribution in [-0.4, -0.2) is 71.8 Å². The van der Waals surface area contributed by atoms with E-state index >= 15 is 0 Å². The lowest BCUT2D eigenvalue weighted by Crippen LogP contribution is -2.57. The molecule has 7 heteroatoms. The molecule has 2 fully saturated rings. The molecule has 1 aromatic carbocycles. The third-order valence-electron chi connectivity index (χ3n) is 6.21. The fourth-order valence-electron chi connectivity index (χ4n) is 3.78. The number of piperazine rings is 1. The van der Waals surface area contributed by atoms with E-state index in [0.29, 0.717) is 37.8 Å². The zero-order chi connectivity index (χ0) is 22.8. The van der Waals surface area contributed by atoms with E-state index in [0.717, 1.165) is 18.4 Å². The molecule has 2 N–H and O–H groups in total. The van der Waals surface area contributed by atoms with Crippen LogP contribution in [0.1, 0.15) is 63.4 Å². The Kier molecular flexibility index (Phi) is 7.04. The zero-order valence-electron chi connectivity index (χ0n) is 19.4. The van der Waals surface area contributed by atoms with Gasteiger partial charge < -0.3 is 15.5 Å². The summed E-state index contributed by atoms with van der Waals surface area (Å²) in [5.41, 5.74) is 1.73. The molecule has 1 aromatic rings. The minimum atomic E-state index is -0.600. The second kappa shape index (κ2) is 9.39. The van der Waals surface area contributed by atoms with Gasteiger partial charge in [0.05, 0.1) is 6.04 Å². The number of benzene rings is 1. The van der Waals surface area contributed by atoms with E-state index in [1.807, 2.05) is 19.1 Å². The van der Waals surface area contributed by atoms with Gasteiger partial charge in [-0.1, -0.05) is 32.9 Å². The highest BCUT2D eigenvalue weighted by Crippen LogP contribution is 2.22. The Morgan fingerprint density at radius 1 is 0.968 bits per heavy atom. The number of carbonyl (C=O) groups excluding carboxylic acids is 3. The summed E-state index contributed by atoms with van der Waals surface area (Å²) in [6.07, 6.45) is 2.15. The zero-order valence-corrected chi connectivity index (χ0v) is 19.4. The van der Waals surface area contributed by atoms with Crippen molar-refractivity contribution < 1.29 is 14.4 Å². The van der Waals surface area contributed by atoms with Crippen molar-refractivity contribution in [2.75, 3.05) is 26.2 Å². The quantitative estimate of drug-likeness (QED) is 0.725. The summed E-state index contributed by atoms with van der Waals surface area (Å²) in [4.78, 5) is 41.6. The van der Waals surface area contributed by atoms with Gasteiger partial charge in [0, 0.05) is 37.8 Å². The summed E-state index contributed by atoms with van der Waals surface area (Å²) in [6, 6.07) is 7.09. The number of hydrogen-bond acceptors (Lipinski definition) is 4. The van der Waals surface area contributed by atoms with Crippen molar-refractivity contribution in [1.82, 2.24) is 20.4 Å². The molecule has 1 saturated carbocycles. The van der Waals surface area contributed by atoms with Gasteiger partial charge in [-0.15, -0.1) is 0 Å². The van der Waals surface area contributed by atoms with Gasteiger partial charge in [-0.2, -0.15) is 0 Å². The average molecular weight is 429 g/mol. The molecule has 3 rings (SSSR count). The number of hydrogen-bond donors (Lipinski definition) is 2. The third-order valence-corrected chi connectivity index (χ3v) is 6.21. The van der Waals surface area contributed by atoms with Crippen LogP contribution in [0.2, 0.25) is 0 Å². The van der Waals surface area contributed by atoms with Crippen LogP contribution >= 0.6 is 0 Å². The summed E-state index contributed by atoms with van der Waals surface area (Å²) in [7, 11) is 0. The standard InChI is InChI=1S/C24H36N4O3/c1-16(25-22(30)18-6-8-19(9-7-18)24(3,4)5)23(31)28-14-12-27(13-15-28)17(2)21(29)26-20-10-11-20/h6-9,16-17,20H,10-15H2,1-5H3,(H,25,30)(H,26,29). The van der Waals surface area contributed by atoms with Crippen LogP contribution in [0.25, 0.3) is 0 Å². The number of rotatable bonds is 6. The Balaban J connectivity index is 1.47. The smallest absolute Gasteiger partial charge is 0.251 e. The average Bonchev–Trinajstić information content (AvgIpc) is 3.56. The topological polar surface area (TPSA) is 81.8 Å². The molecule has 1 aliphatic carbocycles. The third kappa shape index (κ3) is 6.06. The van der Waals surface area contributed by atoms with E-state index in [4.69, 9.17) is 0 Å². The highest BCUT2D eigenvalue weighted by molar-refractivity contribution is 5.97. The molecule has 3 amide bonds. The molecule has 2 aliphatic rings. The van der Waals surface area contributed by atoms with Crippen LogP contribution in [0, 0.1) is 0 Å². The molecule has 7 nitrogen and oxygen atoms in total. The lowest BCUT2D eigenvalue weighted by Gasteiger charge is -2.38. The maximum absolute atomic E-state index is 12.8. The number of carbonyl (C=O) groups is 3. The Morgan fingerprint density at radius 2 is 1.55 bits per heavy atom. The van der Waals surface area contributed by atoms with Crippen molar-refractivity contribution in [2.45, 2.75) is 71.0 Å². The summed E-state index contributed by atoms with van der Waals surface area (Å²) < 4.78 is 0. The molecule has 1 saturated heterocycles. The van der Waals surface area contributed by atoms with Gasteiger partial charge in [0.1, 0.15) is 6.04 Å². The summed E-state index contributed by atoms with van der Waals surface area (Å²) in [5, 5.41) is 5.87. The maximum Gasteiger partial charge on any atom is 0.251 e. The van der Waals surface area contributed by atoms with E-state index in [1.54, 1.807) is 24.0 Å². The van der Waals surface area contributed by atoms with Gasteiger partial charge in [-0.3, -0.25) is 19.3 Å². The van der Waals surface area contributed by atoms with Crippen molar-refractivity contribution >= 4 is 17.7 Å². The molecule has 170 valence electrons. The Morgan fingerprint density at radius 3 is 2.06 bits per heavy atom. The molecule has 0 radical (unpaired) electrons. The highest BCUT2D eigenvalue weighted by atomic mass is 16.2. The largest absolute Gasteiger partial charge is 0.352 e. The molecular formula is C24H36N4O3. The molecular weight excluding hydrogens is 392 g/mol. The normalized spacial score (nSPS) is 19.5. The van der Waals surface area contributed by atoms with Crippen LogP contribution in [-0.2, 0) is 15.0 Å². The first-order valence-electron chi connectivity index (χ1n) is 11.3. The van der Waals surface area contributed by atoms with E-state index in [1.165, 1.54) is 0 Å². The molecule has 1 aliphatic heterocycles. The van der Waals surface area contributed by atoms with Crippen molar-refractivity contribution in [2.24, 2.45) is 0 Å². The first-order chi connectivity index (χ1) is 14.6. The lowest BCUT2D eigenvalue weighted by molar-refractivity contribution is -0.135. The molecule has 0 aromatic heterocycles. The fourth-order valence-corrected chi connectivity index (χ4v) is 3.78. The monoisotopic (exact) mass is 428 g/mol. The molecule has 2 unspecified atom stereocenters. The predicted octanol–water partition coefficient (Wildman–Crippen LogP) is 1.91. The predicted molar refractivity (Wildman–Crippen MR) is 121 cm³/mol. The minimum Gasteiger partial charge on any atom is -0.352 e. The Bertz CT molecular complexity index is 803. The first kappa shape index (κ1) is 23.3. The van der Waals surface area contributed by atoms with Gasteiger partial charge in [0.2, 0.25) is 11.8 Å². The number of amides is 3. The number of nitrogens with zero attached hydrogens (tertiary/aromatic N) is 2. The van der Waals surface area contributed by atoms with Crippen LogP contribution < -0.4 is 10.6 Å². The van der Waals surface area contributed by atoms with Gasteiger partial charge in [0.25, 0.3) is 5.91 Å². The first-order valence-corrected chi connectivity index (χ1v) is 11.3. The minimum absolute atomic E-state index is 0.0243. The van der Waals surface area contributed by atoms with Crippen molar-refractivity contribution in [1.29, 1.82) is 0 Å². The number of nitrogens with one attached hydrogen (secondary N) is 2. The molecule has 31 heavy (non-hydrogen) atoms. The highest BCUT2D eigenvalue weighted by Gasteiger charge is 2.32.